The smallest absolute Gasteiger partial charge is 0.253 e. The summed E-state index contributed by atoms with van der Waals surface area (Å²) < 4.78 is 1.73. The maximum atomic E-state index is 12.0. The molecular weight excluding hydrogens is 252 g/mol. The van der Waals surface area contributed by atoms with E-state index < -0.39 is 0 Å². The molecule has 1 amide bonds. The third-order valence-corrected chi connectivity index (χ3v) is 3.20. The molecule has 0 spiro atoms. The van der Waals surface area contributed by atoms with Crippen LogP contribution in [0.1, 0.15) is 10.4 Å². The minimum absolute atomic E-state index is 0.167. The van der Waals surface area contributed by atoms with Gasteiger partial charge in [0.15, 0.2) is 0 Å². The zero-order valence-corrected chi connectivity index (χ0v) is 11.0. The molecule has 3 rings (SSSR count). The largest absolute Gasteiger partial charge is 0.399 e. The highest BCUT2D eigenvalue weighted by molar-refractivity contribution is 5.98. The zero-order valence-electron chi connectivity index (χ0n) is 11.0. The van der Waals surface area contributed by atoms with Crippen LogP contribution in [0, 0.1) is 0 Å². The van der Waals surface area contributed by atoms with Crippen LogP contribution in [0.15, 0.2) is 48.7 Å². The normalized spacial score (nSPS) is 10.7. The van der Waals surface area contributed by atoms with Crippen LogP contribution in [0.3, 0.4) is 0 Å². The summed E-state index contributed by atoms with van der Waals surface area (Å²) in [4.78, 5) is 12.0. The van der Waals surface area contributed by atoms with Crippen molar-refractivity contribution >= 4 is 22.5 Å². The van der Waals surface area contributed by atoms with Gasteiger partial charge in [-0.2, -0.15) is 5.10 Å². The van der Waals surface area contributed by atoms with Crippen LogP contribution in [0.2, 0.25) is 0 Å². The molecule has 3 aromatic rings. The quantitative estimate of drug-likeness (QED) is 0.696. The lowest BCUT2D eigenvalue weighted by molar-refractivity contribution is 0.0963. The number of nitrogens with zero attached hydrogens (tertiary/aromatic N) is 2. The van der Waals surface area contributed by atoms with Gasteiger partial charge in [0.1, 0.15) is 0 Å². The minimum atomic E-state index is -0.167. The van der Waals surface area contributed by atoms with E-state index in [1.54, 1.807) is 36.1 Å². The van der Waals surface area contributed by atoms with Gasteiger partial charge in [0.2, 0.25) is 0 Å². The number of nitrogens with two attached hydrogens (primary N) is 1. The summed E-state index contributed by atoms with van der Waals surface area (Å²) in [6, 6.07) is 13.0. The molecule has 0 aliphatic rings. The molecule has 5 nitrogen and oxygen atoms in total. The number of fused-ring (bicyclic) bond motifs is 1. The molecule has 0 saturated heterocycles. The van der Waals surface area contributed by atoms with Gasteiger partial charge in [-0.1, -0.05) is 18.2 Å². The highest BCUT2D eigenvalue weighted by Gasteiger charge is 2.14. The summed E-state index contributed by atoms with van der Waals surface area (Å²) in [6.45, 7) is 0. The molecule has 0 unspecified atom stereocenters. The fourth-order valence-electron chi connectivity index (χ4n) is 2.21. The summed E-state index contributed by atoms with van der Waals surface area (Å²) in [5.41, 5.74) is 8.58. The van der Waals surface area contributed by atoms with Crippen LogP contribution in [-0.4, -0.2) is 22.7 Å². The van der Waals surface area contributed by atoms with Gasteiger partial charge in [0, 0.05) is 18.1 Å². The van der Waals surface area contributed by atoms with Gasteiger partial charge in [-0.25, -0.2) is 4.68 Å². The Hall–Kier alpha value is -2.82. The molecule has 3 N–H and O–H groups in total. The summed E-state index contributed by atoms with van der Waals surface area (Å²) in [6.07, 6.45) is 1.77. The summed E-state index contributed by atoms with van der Waals surface area (Å²) in [5, 5.41) is 8.01. The number of hydrogen-bond acceptors (Lipinski definition) is 3. The fraction of sp³-hybridized carbons (Fsp3) is 0.0667. The molecule has 0 saturated carbocycles. The Balaban J connectivity index is 2.28. The van der Waals surface area contributed by atoms with E-state index in [1.165, 1.54) is 0 Å². The third kappa shape index (κ3) is 1.89. The van der Waals surface area contributed by atoms with Crippen molar-refractivity contribution in [1.29, 1.82) is 0 Å². The van der Waals surface area contributed by atoms with E-state index in [1.807, 2.05) is 24.3 Å². The molecular formula is C15H14N4O. The van der Waals surface area contributed by atoms with Crippen molar-refractivity contribution in [2.24, 2.45) is 0 Å². The first kappa shape index (κ1) is 12.2. The Morgan fingerprint density at radius 3 is 2.85 bits per heavy atom. The number of nitrogen functional groups attached to an aromatic ring is 1. The molecule has 0 aliphatic carbocycles. The lowest BCUT2D eigenvalue weighted by Gasteiger charge is -2.10. The number of nitrogens with one attached hydrogen (secondary N) is 1. The number of carbonyl (C=O) groups is 1. The average molecular weight is 266 g/mol. The van der Waals surface area contributed by atoms with E-state index >= 15 is 0 Å². The molecule has 0 radical (unpaired) electrons. The number of anilines is 1. The average Bonchev–Trinajstić information content (AvgIpc) is 2.90. The molecule has 1 aromatic heterocycles. The van der Waals surface area contributed by atoms with Crippen molar-refractivity contribution in [3.05, 3.63) is 54.2 Å². The SMILES string of the molecule is CNC(=O)c1ccc(N)cc1-n1ncc2ccccc21. The van der Waals surface area contributed by atoms with Crippen LogP contribution >= 0.6 is 0 Å². The van der Waals surface area contributed by atoms with Crippen LogP contribution in [-0.2, 0) is 0 Å². The number of benzene rings is 2. The minimum Gasteiger partial charge on any atom is -0.399 e. The number of aromatic nitrogens is 2. The van der Waals surface area contributed by atoms with Gasteiger partial charge < -0.3 is 11.1 Å². The van der Waals surface area contributed by atoms with E-state index in [0.29, 0.717) is 16.9 Å². The monoisotopic (exact) mass is 266 g/mol. The van der Waals surface area contributed by atoms with E-state index in [2.05, 4.69) is 10.4 Å². The molecule has 5 heteroatoms. The molecule has 0 aliphatic heterocycles. The molecule has 2 aromatic carbocycles. The third-order valence-electron chi connectivity index (χ3n) is 3.20. The van der Waals surface area contributed by atoms with Gasteiger partial charge in [-0.15, -0.1) is 0 Å². The molecule has 0 fully saturated rings. The maximum Gasteiger partial charge on any atom is 0.253 e. The van der Waals surface area contributed by atoms with Gasteiger partial charge in [0.25, 0.3) is 5.91 Å². The Bertz CT molecular complexity index is 791. The van der Waals surface area contributed by atoms with Crippen molar-refractivity contribution < 1.29 is 4.79 Å². The van der Waals surface area contributed by atoms with Crippen molar-refractivity contribution in [3.8, 4) is 5.69 Å². The molecule has 0 bridgehead atoms. The molecule has 20 heavy (non-hydrogen) atoms. The van der Waals surface area contributed by atoms with E-state index in [0.717, 1.165) is 10.9 Å². The van der Waals surface area contributed by atoms with Crippen LogP contribution in [0.5, 0.6) is 0 Å². The van der Waals surface area contributed by atoms with Gasteiger partial charge in [-0.05, 0) is 24.3 Å². The standard InChI is InChI=1S/C15H14N4O/c1-17-15(20)12-7-6-11(16)8-14(12)19-13-5-3-2-4-10(13)9-18-19/h2-9H,16H2,1H3,(H,17,20). The lowest BCUT2D eigenvalue weighted by atomic mass is 10.1. The molecule has 0 atom stereocenters. The number of rotatable bonds is 2. The number of para-hydroxylation sites is 1. The first-order chi connectivity index (χ1) is 9.70. The van der Waals surface area contributed by atoms with Crippen molar-refractivity contribution in [3.63, 3.8) is 0 Å². The van der Waals surface area contributed by atoms with Crippen molar-refractivity contribution in [2.45, 2.75) is 0 Å². The van der Waals surface area contributed by atoms with E-state index in [4.69, 9.17) is 5.73 Å². The molecule has 1 heterocycles. The van der Waals surface area contributed by atoms with Gasteiger partial charge in [-0.3, -0.25) is 4.79 Å². The zero-order chi connectivity index (χ0) is 14.1. The number of carbonyl (C=O) groups excluding carboxylic acids is 1. The first-order valence-electron chi connectivity index (χ1n) is 6.25. The first-order valence-corrected chi connectivity index (χ1v) is 6.25. The Morgan fingerprint density at radius 2 is 2.05 bits per heavy atom. The second-order valence-electron chi connectivity index (χ2n) is 4.47. The van der Waals surface area contributed by atoms with Crippen LogP contribution in [0.4, 0.5) is 5.69 Å². The van der Waals surface area contributed by atoms with Crippen LogP contribution < -0.4 is 11.1 Å². The van der Waals surface area contributed by atoms with E-state index in [-0.39, 0.29) is 5.91 Å². The second-order valence-corrected chi connectivity index (χ2v) is 4.47. The van der Waals surface area contributed by atoms with Gasteiger partial charge in [0.05, 0.1) is 23.0 Å². The number of hydrogen-bond donors (Lipinski definition) is 2. The number of amides is 1. The highest BCUT2D eigenvalue weighted by atomic mass is 16.1. The maximum absolute atomic E-state index is 12.0. The topological polar surface area (TPSA) is 72.9 Å². The van der Waals surface area contributed by atoms with Crippen molar-refractivity contribution in [1.82, 2.24) is 15.1 Å². The summed E-state index contributed by atoms with van der Waals surface area (Å²) in [5.74, 6) is -0.167. The Labute approximate surface area is 116 Å². The van der Waals surface area contributed by atoms with Crippen LogP contribution in [0.25, 0.3) is 16.6 Å². The van der Waals surface area contributed by atoms with E-state index in [9.17, 15) is 4.79 Å². The predicted octanol–water partition coefficient (Wildman–Crippen LogP) is 1.97. The second kappa shape index (κ2) is 4.70. The summed E-state index contributed by atoms with van der Waals surface area (Å²) in [7, 11) is 1.60. The fourth-order valence-corrected chi connectivity index (χ4v) is 2.21. The predicted molar refractivity (Wildman–Crippen MR) is 78.9 cm³/mol. The molecule has 100 valence electrons. The Morgan fingerprint density at radius 1 is 1.25 bits per heavy atom. The summed E-state index contributed by atoms with van der Waals surface area (Å²) >= 11 is 0. The van der Waals surface area contributed by atoms with Crippen molar-refractivity contribution in [2.75, 3.05) is 12.8 Å². The lowest BCUT2D eigenvalue weighted by Crippen LogP contribution is -2.20. The van der Waals surface area contributed by atoms with Gasteiger partial charge >= 0.3 is 0 Å². The Kier molecular flexibility index (Phi) is 2.87. The highest BCUT2D eigenvalue weighted by Crippen LogP contribution is 2.23.